The normalized spacial score (nSPS) is 20.7. The highest BCUT2D eigenvalue weighted by Gasteiger charge is 2.54. The van der Waals surface area contributed by atoms with Crippen LogP contribution in [0.25, 0.3) is 0 Å². The second-order valence-electron chi connectivity index (χ2n) is 6.76. The van der Waals surface area contributed by atoms with Crippen LogP contribution in [0.15, 0.2) is 20.0 Å². The van der Waals surface area contributed by atoms with Gasteiger partial charge in [-0.2, -0.15) is 22.5 Å². The van der Waals surface area contributed by atoms with E-state index in [4.69, 9.17) is 10.9 Å². The molecule has 1 fully saturated rings. The number of hydrogen-bond acceptors (Lipinski definition) is 13. The number of alkyl halides is 3. The first-order chi connectivity index (χ1) is 16.0. The number of carboxylic acid groups (broad SMARTS) is 1. The average Bonchev–Trinajstić information content (AvgIpc) is 3.41. The number of β-lactam (4-membered cyclic amide) rings is 1. The number of carbonyl (C=O) groups is 3. The van der Waals surface area contributed by atoms with Gasteiger partial charge in [0.25, 0.3) is 11.8 Å². The van der Waals surface area contributed by atoms with Gasteiger partial charge in [0.2, 0.25) is 11.5 Å². The molecular weight excluding hydrogens is 525 g/mol. The van der Waals surface area contributed by atoms with Crippen molar-refractivity contribution in [3.63, 3.8) is 0 Å². The summed E-state index contributed by atoms with van der Waals surface area (Å²) in [4.78, 5) is 41.8. The molecule has 34 heavy (non-hydrogen) atoms. The Balaban J connectivity index is 1.55. The molecule has 180 valence electrons. The van der Waals surface area contributed by atoms with Gasteiger partial charge in [-0.15, -0.1) is 5.10 Å². The standard InChI is InChI=1S/C15H11F3N8O5S3/c16-15(17,18)8-13(33-25-22-8)32-4-2-1-3-5(11(28)26(3)7(4)12(29)30)20-10(27)6(23-31)9-21-14(19)34-24-9/h3,5,31H,1-2H2,(H,20,27)(H,29,30)(H2,19,21,24)/b23-6-. The number of aliphatic carboxylic acids is 1. The van der Waals surface area contributed by atoms with Gasteiger partial charge < -0.3 is 21.4 Å². The number of oxime groups is 1. The van der Waals surface area contributed by atoms with Crippen molar-refractivity contribution in [3.05, 3.63) is 22.1 Å². The third-order valence-corrected chi connectivity index (χ3v) is 7.35. The minimum Gasteiger partial charge on any atom is -0.477 e. The molecule has 1 saturated heterocycles. The molecule has 5 N–H and O–H groups in total. The monoisotopic (exact) mass is 536 g/mol. The van der Waals surface area contributed by atoms with E-state index >= 15 is 0 Å². The number of amides is 2. The van der Waals surface area contributed by atoms with Crippen molar-refractivity contribution in [3.8, 4) is 0 Å². The van der Waals surface area contributed by atoms with Crippen LogP contribution < -0.4 is 11.1 Å². The number of anilines is 1. The highest BCUT2D eigenvalue weighted by atomic mass is 32.2. The predicted molar refractivity (Wildman–Crippen MR) is 110 cm³/mol. The molecule has 4 rings (SSSR count). The minimum absolute atomic E-state index is 0.00761. The van der Waals surface area contributed by atoms with Crippen molar-refractivity contribution < 1.29 is 37.9 Å². The summed E-state index contributed by atoms with van der Waals surface area (Å²) in [6.07, 6.45) is -4.61. The number of halogens is 3. The van der Waals surface area contributed by atoms with Gasteiger partial charge in [0.15, 0.2) is 10.8 Å². The van der Waals surface area contributed by atoms with Crippen LogP contribution in [-0.4, -0.2) is 69.7 Å². The molecule has 4 heterocycles. The zero-order chi connectivity index (χ0) is 24.8. The first kappa shape index (κ1) is 23.8. The summed E-state index contributed by atoms with van der Waals surface area (Å²) in [5.41, 5.74) is 3.12. The SMILES string of the molecule is Nc1nc(/C(=N/O)C(=O)NC2C(=O)N3C(C(=O)O)=C(Sc4snnc4C(F)(F)F)CCC23)ns1. The number of carbonyl (C=O) groups excluding carboxylic acids is 2. The van der Waals surface area contributed by atoms with Crippen LogP contribution >= 0.6 is 34.8 Å². The van der Waals surface area contributed by atoms with E-state index in [1.165, 1.54) is 0 Å². The fraction of sp³-hybridized carbons (Fsp3) is 0.333. The number of nitrogen functional groups attached to an aromatic ring is 1. The van der Waals surface area contributed by atoms with Gasteiger partial charge >= 0.3 is 12.1 Å². The Kier molecular flexibility index (Phi) is 6.16. The lowest BCUT2D eigenvalue weighted by Gasteiger charge is -2.50. The molecule has 2 aliphatic rings. The number of carboxylic acids is 1. The zero-order valence-electron chi connectivity index (χ0n) is 16.3. The number of nitrogens with one attached hydrogen (secondary N) is 1. The van der Waals surface area contributed by atoms with E-state index in [2.05, 4.69) is 29.4 Å². The van der Waals surface area contributed by atoms with Crippen LogP contribution in [0.3, 0.4) is 0 Å². The smallest absolute Gasteiger partial charge is 0.437 e. The molecule has 13 nitrogen and oxygen atoms in total. The molecule has 2 aromatic rings. The number of allylic oxidation sites excluding steroid dienone is 1. The lowest BCUT2D eigenvalue weighted by Crippen LogP contribution is -2.72. The summed E-state index contributed by atoms with van der Waals surface area (Å²) in [7, 11) is 0. The van der Waals surface area contributed by atoms with E-state index in [1.54, 1.807) is 0 Å². The highest BCUT2D eigenvalue weighted by Crippen LogP contribution is 2.46. The molecule has 2 aromatic heterocycles. The number of thioether (sulfide) groups is 1. The Hall–Kier alpha value is -3.32. The van der Waals surface area contributed by atoms with Crippen molar-refractivity contribution >= 4 is 63.5 Å². The van der Waals surface area contributed by atoms with E-state index in [9.17, 15) is 32.7 Å². The van der Waals surface area contributed by atoms with Crippen LogP contribution in [-0.2, 0) is 20.6 Å². The number of hydrogen-bond donors (Lipinski definition) is 4. The molecule has 2 atom stereocenters. The Bertz CT molecular complexity index is 1240. The first-order valence-corrected chi connectivity index (χ1v) is 11.4. The molecule has 2 aliphatic heterocycles. The lowest BCUT2D eigenvalue weighted by atomic mass is 9.86. The summed E-state index contributed by atoms with van der Waals surface area (Å²) in [5.74, 6) is -3.57. The van der Waals surface area contributed by atoms with Crippen molar-refractivity contribution in [2.45, 2.75) is 35.3 Å². The molecule has 0 bridgehead atoms. The third-order valence-electron chi connectivity index (χ3n) is 4.79. The second kappa shape index (κ2) is 8.80. The predicted octanol–water partition coefficient (Wildman–Crippen LogP) is 0.747. The van der Waals surface area contributed by atoms with E-state index in [0.29, 0.717) is 23.3 Å². The maximum Gasteiger partial charge on any atom is 0.437 e. The zero-order valence-corrected chi connectivity index (χ0v) is 18.8. The molecular formula is C15H11F3N8O5S3. The summed E-state index contributed by atoms with van der Waals surface area (Å²) >= 11 is 1.74. The maximum atomic E-state index is 13.1. The topological polar surface area (TPSA) is 197 Å². The minimum atomic E-state index is -4.78. The van der Waals surface area contributed by atoms with Crippen LogP contribution in [0.5, 0.6) is 0 Å². The summed E-state index contributed by atoms with van der Waals surface area (Å²) in [6.45, 7) is 0. The van der Waals surface area contributed by atoms with Gasteiger partial charge in [-0.25, -0.2) is 4.79 Å². The summed E-state index contributed by atoms with van der Waals surface area (Å²) in [6, 6.07) is -1.93. The number of rotatable bonds is 6. The number of fused-ring (bicyclic) bond motifs is 1. The maximum absolute atomic E-state index is 13.1. The Morgan fingerprint density at radius 1 is 1.32 bits per heavy atom. The van der Waals surface area contributed by atoms with Gasteiger partial charge in [0.1, 0.15) is 15.9 Å². The van der Waals surface area contributed by atoms with Gasteiger partial charge in [-0.05, 0) is 24.4 Å². The summed E-state index contributed by atoms with van der Waals surface area (Å²) < 4.78 is 46.0. The van der Waals surface area contributed by atoms with E-state index in [0.717, 1.165) is 16.4 Å². The Morgan fingerprint density at radius 3 is 2.65 bits per heavy atom. The molecule has 0 aliphatic carbocycles. The van der Waals surface area contributed by atoms with Crippen molar-refractivity contribution in [1.29, 1.82) is 0 Å². The largest absolute Gasteiger partial charge is 0.477 e. The van der Waals surface area contributed by atoms with Crippen LogP contribution in [0, 0.1) is 0 Å². The lowest BCUT2D eigenvalue weighted by molar-refractivity contribution is -0.155. The van der Waals surface area contributed by atoms with Crippen LogP contribution in [0.1, 0.15) is 24.4 Å². The second-order valence-corrected chi connectivity index (χ2v) is 9.66. The van der Waals surface area contributed by atoms with Gasteiger partial charge in [-0.3, -0.25) is 14.5 Å². The molecule has 2 amide bonds. The fourth-order valence-electron chi connectivity index (χ4n) is 3.39. The highest BCUT2D eigenvalue weighted by molar-refractivity contribution is 8.04. The van der Waals surface area contributed by atoms with Gasteiger partial charge in [0.05, 0.1) is 6.04 Å². The van der Waals surface area contributed by atoms with Gasteiger partial charge in [-0.1, -0.05) is 21.4 Å². The molecule has 19 heteroatoms. The van der Waals surface area contributed by atoms with Gasteiger partial charge in [0, 0.05) is 16.4 Å². The summed E-state index contributed by atoms with van der Waals surface area (Å²) in [5, 5.41) is 27.1. The fourth-order valence-corrected chi connectivity index (χ4v) is 5.80. The molecule has 0 radical (unpaired) electrons. The first-order valence-electron chi connectivity index (χ1n) is 9.02. The molecule has 0 aromatic carbocycles. The van der Waals surface area contributed by atoms with E-state index in [1.807, 2.05) is 0 Å². The van der Waals surface area contributed by atoms with E-state index < -0.39 is 53.1 Å². The quantitative estimate of drug-likeness (QED) is 0.176. The van der Waals surface area contributed by atoms with E-state index in [-0.39, 0.29) is 32.9 Å². The molecule has 0 spiro atoms. The molecule has 0 saturated carbocycles. The Labute approximate surface area is 198 Å². The number of nitrogens with zero attached hydrogens (tertiary/aromatic N) is 6. The van der Waals surface area contributed by atoms with Crippen LogP contribution in [0.4, 0.5) is 18.3 Å². The average molecular weight is 536 g/mol. The van der Waals surface area contributed by atoms with Crippen molar-refractivity contribution in [1.82, 2.24) is 29.2 Å². The third kappa shape index (κ3) is 4.16. The van der Waals surface area contributed by atoms with Crippen molar-refractivity contribution in [2.24, 2.45) is 5.16 Å². The number of aromatic nitrogens is 4. The Morgan fingerprint density at radius 2 is 2.06 bits per heavy atom. The number of nitrogens with two attached hydrogens (primary N) is 1. The molecule has 2 unspecified atom stereocenters. The van der Waals surface area contributed by atoms with Crippen LogP contribution in [0.2, 0.25) is 0 Å². The van der Waals surface area contributed by atoms with Crippen molar-refractivity contribution in [2.75, 3.05) is 5.73 Å².